The van der Waals surface area contributed by atoms with E-state index in [1.54, 1.807) is 0 Å². The molecule has 0 aromatic rings. The molecule has 0 nitrogen and oxygen atoms in total. The van der Waals surface area contributed by atoms with Crippen LogP contribution in [0.4, 0.5) is 11.7 Å². The first kappa shape index (κ1) is 6.66. The minimum atomic E-state index is -5.79. The van der Waals surface area contributed by atoms with E-state index in [1.807, 2.05) is 0 Å². The van der Waals surface area contributed by atoms with Crippen molar-refractivity contribution in [1.29, 1.82) is 0 Å². The molecule has 5 heteroatoms. The van der Waals surface area contributed by atoms with Gasteiger partial charge >= 0.3 is 40.5 Å². The van der Waals surface area contributed by atoms with Crippen LogP contribution in [0.3, 0.4) is 0 Å². The van der Waals surface area contributed by atoms with Crippen LogP contribution in [0.1, 0.15) is 0 Å². The van der Waals surface area contributed by atoms with Gasteiger partial charge in [0.05, 0.1) is 0 Å². The summed E-state index contributed by atoms with van der Waals surface area (Å²) in [6.07, 6.45) is 0.122. The minimum absolute atomic E-state index is 0.122. The van der Waals surface area contributed by atoms with E-state index in [-0.39, 0.29) is 6.26 Å². The first-order chi connectivity index (χ1) is 2.24. The van der Waals surface area contributed by atoms with Crippen molar-refractivity contribution < 1.29 is 26.0 Å². The molecule has 0 aromatic carbocycles. The number of halogens is 3. The summed E-state index contributed by atoms with van der Waals surface area (Å²) in [6, 6.07) is 0. The summed E-state index contributed by atoms with van der Waals surface area (Å²) < 4.78 is 32.9. The van der Waals surface area contributed by atoms with Crippen LogP contribution in [0, 0.1) is 0 Å². The Bertz CT molecular complexity index is 88.5. The molecule has 0 heterocycles. The van der Waals surface area contributed by atoms with Crippen molar-refractivity contribution in [3.63, 3.8) is 0 Å². The average molecular weight is 168 g/mol. The molecule has 0 spiro atoms. The third kappa shape index (κ3) is 143. The molecular weight excluding hydrogens is 165 g/mol. The molecule has 0 aliphatic rings. The molecule has 0 rings (SSSR count). The Hall–Kier alpha value is 0.659. The second-order valence-electron chi connectivity index (χ2n) is 0.901. The van der Waals surface area contributed by atoms with Crippen molar-refractivity contribution in [3.8, 4) is 0 Å². The zero-order chi connectivity index (χ0) is 5.45. The van der Waals surface area contributed by atoms with Crippen molar-refractivity contribution in [2.45, 2.75) is 0 Å². The van der Waals surface area contributed by atoms with E-state index in [0.717, 1.165) is 0 Å². The van der Waals surface area contributed by atoms with Crippen LogP contribution >= 0.6 is 8.24 Å². The predicted octanol–water partition coefficient (Wildman–Crippen LogP) is 2.07. The molecule has 0 radical (unpaired) electrons. The fourth-order valence-electron chi connectivity index (χ4n) is 0. The van der Waals surface area contributed by atoms with Crippen LogP contribution in [-0.2, 0) is 14.4 Å². The van der Waals surface area contributed by atoms with Crippen LogP contribution in [-0.4, -0.2) is 6.26 Å². The zero-order valence-corrected chi connectivity index (χ0v) is 4.60. The molecule has 0 saturated carbocycles. The molecule has 0 atom stereocenters. The van der Waals surface area contributed by atoms with Gasteiger partial charge in [0.25, 0.3) is 0 Å². The summed E-state index contributed by atoms with van der Waals surface area (Å²) in [7, 11) is -5.79. The molecule has 0 aromatic heterocycles. The molecule has 0 aliphatic carbocycles. The van der Waals surface area contributed by atoms with Crippen molar-refractivity contribution in [2.75, 3.05) is 6.26 Å². The predicted molar refractivity (Wildman–Crippen MR) is 16.8 cm³/mol. The van der Waals surface area contributed by atoms with Gasteiger partial charge in [0.1, 0.15) is 0 Å². The van der Waals surface area contributed by atoms with Gasteiger partial charge in [-0.1, -0.05) is 0 Å². The molecule has 0 N–H and O–H groups in total. The summed E-state index contributed by atoms with van der Waals surface area (Å²) in [5.41, 5.74) is 0. The second-order valence-corrected chi connectivity index (χ2v) is 5.16. The Kier molecular flexibility index (Phi) is 1.20. The molecule has 0 saturated heterocycles. The maximum absolute atomic E-state index is 11.0. The second kappa shape index (κ2) is 1.08. The van der Waals surface area contributed by atoms with Gasteiger partial charge in [-0.25, -0.2) is 0 Å². The molecule has 45 valence electrons. The van der Waals surface area contributed by atoms with Crippen molar-refractivity contribution in [2.24, 2.45) is 0 Å². The molecule has 6 heavy (non-hydrogen) atoms. The summed E-state index contributed by atoms with van der Waals surface area (Å²) in [6.45, 7) is 0. The standard InChI is InChI=1S/CH3F3S.Cu/c1-5(2,3)4;/h1H3;. The fourth-order valence-corrected chi connectivity index (χ4v) is 0. The number of hydrogen-bond donors (Lipinski definition) is 0. The Morgan fingerprint density at radius 3 is 1.33 bits per heavy atom. The Labute approximate surface area is 41.1 Å². The van der Waals surface area contributed by atoms with Crippen LogP contribution < -0.4 is 0 Å². The summed E-state index contributed by atoms with van der Waals surface area (Å²) in [5.74, 6) is 0. The van der Waals surface area contributed by atoms with Gasteiger partial charge in [-0.05, 0) is 0 Å². The van der Waals surface area contributed by atoms with E-state index in [1.165, 1.54) is 0 Å². The zero-order valence-electron chi connectivity index (χ0n) is 2.84. The van der Waals surface area contributed by atoms with Gasteiger partial charge in [0.15, 0.2) is 0 Å². The maximum atomic E-state index is 11.0. The van der Waals surface area contributed by atoms with E-state index in [9.17, 15) is 11.7 Å². The van der Waals surface area contributed by atoms with Gasteiger partial charge < -0.3 is 0 Å². The first-order valence-electron chi connectivity index (χ1n) is 0.994. The molecular formula is CH3CuF3S. The fraction of sp³-hybridized carbons (Fsp3) is 1.00. The molecule has 0 aliphatic heterocycles. The normalized spacial score (nSPS) is 19.3. The van der Waals surface area contributed by atoms with Gasteiger partial charge in [0.2, 0.25) is 0 Å². The third-order valence-corrected chi connectivity index (χ3v) is 0. The van der Waals surface area contributed by atoms with Gasteiger partial charge in [-0.3, -0.25) is 0 Å². The molecule has 0 unspecified atom stereocenters. The van der Waals surface area contributed by atoms with Gasteiger partial charge in [-0.2, -0.15) is 0 Å². The Morgan fingerprint density at radius 1 is 1.33 bits per heavy atom. The van der Waals surface area contributed by atoms with Crippen LogP contribution in [0.25, 0.3) is 0 Å². The summed E-state index contributed by atoms with van der Waals surface area (Å²) in [5, 5.41) is 0. The topological polar surface area (TPSA) is 0 Å². The Morgan fingerprint density at radius 2 is 1.33 bits per heavy atom. The molecule has 0 bridgehead atoms. The van der Waals surface area contributed by atoms with Crippen molar-refractivity contribution in [3.05, 3.63) is 0 Å². The first-order valence-corrected chi connectivity index (χ1v) is 4.14. The van der Waals surface area contributed by atoms with E-state index in [2.05, 4.69) is 14.4 Å². The monoisotopic (exact) mass is 167 g/mol. The van der Waals surface area contributed by atoms with E-state index < -0.39 is 8.24 Å². The SMILES string of the molecule is C[S](F)(F)(F)=[Cu]. The number of rotatable bonds is 0. The quantitative estimate of drug-likeness (QED) is 0.485. The van der Waals surface area contributed by atoms with Crippen molar-refractivity contribution in [1.82, 2.24) is 0 Å². The van der Waals surface area contributed by atoms with E-state index >= 15 is 0 Å². The van der Waals surface area contributed by atoms with Crippen molar-refractivity contribution >= 4 is 8.24 Å². The number of hydrogen-bond acceptors (Lipinski definition) is 0. The third-order valence-electron chi connectivity index (χ3n) is 0. The van der Waals surface area contributed by atoms with E-state index in [0.29, 0.717) is 0 Å². The average Bonchev–Trinajstić information content (AvgIpc) is 0.650. The Balaban J connectivity index is 4.16. The molecule has 0 fully saturated rings. The van der Waals surface area contributed by atoms with E-state index in [4.69, 9.17) is 0 Å². The summed E-state index contributed by atoms with van der Waals surface area (Å²) in [4.78, 5) is 0. The van der Waals surface area contributed by atoms with Crippen LogP contribution in [0.15, 0.2) is 0 Å². The van der Waals surface area contributed by atoms with Crippen LogP contribution in [0.2, 0.25) is 0 Å². The van der Waals surface area contributed by atoms with Crippen LogP contribution in [0.5, 0.6) is 0 Å². The summed E-state index contributed by atoms with van der Waals surface area (Å²) >= 11 is 3.28. The molecule has 0 amide bonds. The van der Waals surface area contributed by atoms with Gasteiger partial charge in [-0.15, -0.1) is 0 Å². The van der Waals surface area contributed by atoms with Gasteiger partial charge in [0, 0.05) is 0 Å².